The SMILES string of the molecule is [2H]c1ccc(N2CCN(CCC3CCC(N)CC3)C[C@H]2C)c(Cl)c1Cl. The van der Waals surface area contributed by atoms with E-state index in [1.54, 1.807) is 6.07 Å². The maximum Gasteiger partial charge on any atom is 0.0825 e. The number of halogens is 2. The van der Waals surface area contributed by atoms with E-state index in [9.17, 15) is 0 Å². The number of hydrogen-bond acceptors (Lipinski definition) is 3. The Hall–Kier alpha value is -0.480. The van der Waals surface area contributed by atoms with Crippen molar-refractivity contribution in [1.82, 2.24) is 4.90 Å². The van der Waals surface area contributed by atoms with Crippen LogP contribution >= 0.6 is 23.2 Å². The number of anilines is 1. The van der Waals surface area contributed by atoms with Crippen molar-refractivity contribution in [2.45, 2.75) is 51.1 Å². The molecule has 1 heterocycles. The van der Waals surface area contributed by atoms with E-state index < -0.39 is 0 Å². The molecule has 1 aromatic rings. The molecule has 2 fully saturated rings. The molecule has 3 nitrogen and oxygen atoms in total. The van der Waals surface area contributed by atoms with Crippen LogP contribution in [0.2, 0.25) is 10.0 Å². The first kappa shape index (κ1) is 17.0. The molecule has 134 valence electrons. The second kappa shape index (κ2) is 8.27. The Balaban J connectivity index is 1.53. The van der Waals surface area contributed by atoms with Crippen molar-refractivity contribution in [3.05, 3.63) is 28.2 Å². The molecule has 2 aliphatic rings. The van der Waals surface area contributed by atoms with Gasteiger partial charge in [-0.3, -0.25) is 4.90 Å². The van der Waals surface area contributed by atoms with Gasteiger partial charge in [0.25, 0.3) is 0 Å². The third-order valence-electron chi connectivity index (χ3n) is 5.63. The van der Waals surface area contributed by atoms with Crippen molar-refractivity contribution in [2.24, 2.45) is 11.7 Å². The fourth-order valence-electron chi connectivity index (χ4n) is 4.10. The zero-order valence-electron chi connectivity index (χ0n) is 15.5. The largest absolute Gasteiger partial charge is 0.365 e. The molecule has 0 radical (unpaired) electrons. The molecular formula is C19H29Cl2N3. The number of hydrogen-bond donors (Lipinski definition) is 1. The molecule has 1 atom stereocenters. The molecule has 3 rings (SSSR count). The Morgan fingerprint density at radius 2 is 2.00 bits per heavy atom. The average Bonchev–Trinajstić information content (AvgIpc) is 2.60. The van der Waals surface area contributed by atoms with Gasteiger partial charge in [-0.2, -0.15) is 0 Å². The second-order valence-corrected chi connectivity index (χ2v) is 8.16. The second-order valence-electron chi connectivity index (χ2n) is 7.40. The minimum absolute atomic E-state index is 0.286. The number of nitrogens with two attached hydrogens (primary N) is 1. The van der Waals surface area contributed by atoms with Gasteiger partial charge in [-0.05, 0) is 63.6 Å². The van der Waals surface area contributed by atoms with Gasteiger partial charge in [0, 0.05) is 31.7 Å². The minimum atomic E-state index is 0.286. The number of piperazine rings is 1. The molecule has 0 amide bonds. The molecule has 24 heavy (non-hydrogen) atoms. The van der Waals surface area contributed by atoms with Crippen LogP contribution in [0.5, 0.6) is 0 Å². The van der Waals surface area contributed by atoms with E-state index in [4.69, 9.17) is 30.3 Å². The maximum absolute atomic E-state index is 7.77. The third-order valence-corrected chi connectivity index (χ3v) is 6.41. The monoisotopic (exact) mass is 370 g/mol. The lowest BCUT2D eigenvalue weighted by Crippen LogP contribution is -2.52. The lowest BCUT2D eigenvalue weighted by atomic mass is 9.84. The van der Waals surface area contributed by atoms with Crippen LogP contribution in [0.15, 0.2) is 18.2 Å². The summed E-state index contributed by atoms with van der Waals surface area (Å²) in [6.07, 6.45) is 6.27. The van der Waals surface area contributed by atoms with Crippen molar-refractivity contribution in [2.75, 3.05) is 31.1 Å². The van der Waals surface area contributed by atoms with Crippen LogP contribution in [-0.2, 0) is 0 Å². The highest BCUT2D eigenvalue weighted by molar-refractivity contribution is 6.43. The van der Waals surface area contributed by atoms with Crippen LogP contribution in [-0.4, -0.2) is 43.2 Å². The van der Waals surface area contributed by atoms with Gasteiger partial charge in [-0.1, -0.05) is 29.3 Å². The third kappa shape index (κ3) is 4.37. The van der Waals surface area contributed by atoms with Crippen LogP contribution in [0.3, 0.4) is 0 Å². The van der Waals surface area contributed by atoms with Gasteiger partial charge in [0.2, 0.25) is 0 Å². The molecule has 1 saturated heterocycles. The summed E-state index contributed by atoms with van der Waals surface area (Å²) in [6, 6.07) is 4.77. The first-order chi connectivity index (χ1) is 12.0. The first-order valence-corrected chi connectivity index (χ1v) is 9.90. The molecule has 1 aromatic carbocycles. The summed E-state index contributed by atoms with van der Waals surface area (Å²) in [5, 5.41) is 0.859. The Morgan fingerprint density at radius 3 is 2.71 bits per heavy atom. The zero-order valence-corrected chi connectivity index (χ0v) is 16.0. The summed E-state index contributed by atoms with van der Waals surface area (Å²) in [4.78, 5) is 4.90. The average molecular weight is 371 g/mol. The smallest absolute Gasteiger partial charge is 0.0825 e. The van der Waals surface area contributed by atoms with Gasteiger partial charge < -0.3 is 10.6 Å². The minimum Gasteiger partial charge on any atom is -0.365 e. The van der Waals surface area contributed by atoms with E-state index in [0.29, 0.717) is 22.1 Å². The Labute approximate surface area is 157 Å². The number of nitrogens with zero attached hydrogens (tertiary/aromatic N) is 2. The summed E-state index contributed by atoms with van der Waals surface area (Å²) < 4.78 is 7.77. The fourth-order valence-corrected chi connectivity index (χ4v) is 4.49. The van der Waals surface area contributed by atoms with Crippen molar-refractivity contribution in [3.8, 4) is 0 Å². The highest BCUT2D eigenvalue weighted by Gasteiger charge is 2.26. The molecule has 1 saturated carbocycles. The molecule has 0 bridgehead atoms. The van der Waals surface area contributed by atoms with Crippen LogP contribution in [0.4, 0.5) is 5.69 Å². The van der Waals surface area contributed by atoms with Crippen molar-refractivity contribution in [3.63, 3.8) is 0 Å². The molecular weight excluding hydrogens is 341 g/mol. The van der Waals surface area contributed by atoms with E-state index in [1.807, 2.05) is 6.07 Å². The summed E-state index contributed by atoms with van der Waals surface area (Å²) in [5.41, 5.74) is 6.96. The summed E-state index contributed by atoms with van der Waals surface area (Å²) in [5.74, 6) is 0.853. The van der Waals surface area contributed by atoms with Crippen LogP contribution < -0.4 is 10.6 Å². The summed E-state index contributed by atoms with van der Waals surface area (Å²) in [6.45, 7) is 6.46. The van der Waals surface area contributed by atoms with Crippen LogP contribution in [0, 0.1) is 5.92 Å². The van der Waals surface area contributed by atoms with E-state index in [1.165, 1.54) is 38.6 Å². The highest BCUT2D eigenvalue weighted by atomic mass is 35.5. The number of benzene rings is 1. The lowest BCUT2D eigenvalue weighted by molar-refractivity contribution is 0.198. The normalized spacial score (nSPS) is 29.6. The molecule has 0 aromatic heterocycles. The van der Waals surface area contributed by atoms with E-state index in [0.717, 1.165) is 31.2 Å². The predicted octanol–water partition coefficient (Wildman–Crippen LogP) is 4.41. The van der Waals surface area contributed by atoms with Gasteiger partial charge in [0.05, 0.1) is 17.1 Å². The standard InChI is InChI=1S/C19H29Cl2N3/c1-14-13-23(10-9-15-5-7-16(22)8-6-15)11-12-24(14)18-4-2-3-17(20)19(18)21/h2-4,14-16H,5-13,22H2,1H3/t14-,15?,16?/m1/s1/i3D. The topological polar surface area (TPSA) is 32.5 Å². The van der Waals surface area contributed by atoms with Crippen molar-refractivity contribution >= 4 is 28.9 Å². The Bertz CT molecular complexity index is 590. The van der Waals surface area contributed by atoms with Crippen LogP contribution in [0.25, 0.3) is 0 Å². The van der Waals surface area contributed by atoms with Crippen molar-refractivity contribution in [1.29, 1.82) is 0 Å². The van der Waals surface area contributed by atoms with Crippen molar-refractivity contribution < 1.29 is 1.37 Å². The highest BCUT2D eigenvalue weighted by Crippen LogP contribution is 2.34. The molecule has 0 unspecified atom stereocenters. The van der Waals surface area contributed by atoms with Gasteiger partial charge in [-0.15, -0.1) is 0 Å². The molecule has 1 aliphatic heterocycles. The van der Waals surface area contributed by atoms with E-state index in [2.05, 4.69) is 16.7 Å². The Kier molecular flexibility index (Phi) is 5.84. The summed E-state index contributed by atoms with van der Waals surface area (Å²) in [7, 11) is 0. The maximum atomic E-state index is 7.77. The van der Waals surface area contributed by atoms with Gasteiger partial charge in [0.15, 0.2) is 0 Å². The fraction of sp³-hybridized carbons (Fsp3) is 0.684. The molecule has 5 heteroatoms. The number of rotatable bonds is 4. The van der Waals surface area contributed by atoms with E-state index in [-0.39, 0.29) is 6.04 Å². The first-order valence-electron chi connectivity index (χ1n) is 9.65. The van der Waals surface area contributed by atoms with E-state index >= 15 is 0 Å². The van der Waals surface area contributed by atoms with Gasteiger partial charge in [-0.25, -0.2) is 0 Å². The predicted molar refractivity (Wildman–Crippen MR) is 104 cm³/mol. The molecule has 1 aliphatic carbocycles. The molecule has 2 N–H and O–H groups in total. The summed E-state index contributed by atoms with van der Waals surface area (Å²) >= 11 is 12.5. The molecule has 0 spiro atoms. The zero-order chi connectivity index (χ0) is 18.0. The van der Waals surface area contributed by atoms with Gasteiger partial charge >= 0.3 is 0 Å². The Morgan fingerprint density at radius 1 is 1.25 bits per heavy atom. The van der Waals surface area contributed by atoms with Crippen LogP contribution in [0.1, 0.15) is 40.4 Å². The quantitative estimate of drug-likeness (QED) is 0.851. The lowest BCUT2D eigenvalue weighted by Gasteiger charge is -2.42. The van der Waals surface area contributed by atoms with Gasteiger partial charge in [0.1, 0.15) is 0 Å².